The standard InChI is InChI=1S/C12H13NO2S/c14-13(15)10-3-4-11-9(7-10)8-12(16-11)5-1-2-6-12/h3-4,7H,1-2,5-6,8H2. The van der Waals surface area contributed by atoms with Gasteiger partial charge in [-0.05, 0) is 30.9 Å². The van der Waals surface area contributed by atoms with Crippen molar-refractivity contribution < 1.29 is 4.92 Å². The number of non-ortho nitro benzene ring substituents is 1. The van der Waals surface area contributed by atoms with E-state index < -0.39 is 0 Å². The molecule has 0 atom stereocenters. The summed E-state index contributed by atoms with van der Waals surface area (Å²) in [5.41, 5.74) is 1.41. The molecule has 1 heterocycles. The molecule has 3 nitrogen and oxygen atoms in total. The molecule has 0 bridgehead atoms. The van der Waals surface area contributed by atoms with Gasteiger partial charge < -0.3 is 0 Å². The molecule has 1 spiro atoms. The summed E-state index contributed by atoms with van der Waals surface area (Å²) in [6.45, 7) is 0. The zero-order valence-electron chi connectivity index (χ0n) is 8.94. The van der Waals surface area contributed by atoms with E-state index in [0.29, 0.717) is 4.75 Å². The van der Waals surface area contributed by atoms with Crippen LogP contribution in [-0.2, 0) is 6.42 Å². The van der Waals surface area contributed by atoms with Gasteiger partial charge in [0.05, 0.1) is 4.92 Å². The van der Waals surface area contributed by atoms with E-state index in [2.05, 4.69) is 0 Å². The molecule has 0 amide bonds. The van der Waals surface area contributed by atoms with Crippen LogP contribution in [-0.4, -0.2) is 9.67 Å². The molecule has 1 aliphatic heterocycles. The predicted octanol–water partition coefficient (Wildman–Crippen LogP) is 3.56. The van der Waals surface area contributed by atoms with Crippen LogP contribution in [0, 0.1) is 10.1 Å². The Morgan fingerprint density at radius 1 is 1.31 bits per heavy atom. The summed E-state index contributed by atoms with van der Waals surface area (Å²) >= 11 is 1.94. The number of rotatable bonds is 1. The van der Waals surface area contributed by atoms with Crippen molar-refractivity contribution in [1.82, 2.24) is 0 Å². The van der Waals surface area contributed by atoms with E-state index in [1.165, 1.54) is 36.1 Å². The van der Waals surface area contributed by atoms with Crippen LogP contribution < -0.4 is 0 Å². The molecule has 16 heavy (non-hydrogen) atoms. The van der Waals surface area contributed by atoms with Crippen LogP contribution in [0.2, 0.25) is 0 Å². The minimum Gasteiger partial charge on any atom is -0.258 e. The molecule has 0 radical (unpaired) electrons. The molecule has 0 unspecified atom stereocenters. The van der Waals surface area contributed by atoms with E-state index in [1.54, 1.807) is 12.1 Å². The van der Waals surface area contributed by atoms with Crippen molar-refractivity contribution >= 4 is 17.4 Å². The average Bonchev–Trinajstić information content (AvgIpc) is 2.84. The minimum atomic E-state index is -0.301. The smallest absolute Gasteiger partial charge is 0.258 e. The summed E-state index contributed by atoms with van der Waals surface area (Å²) in [6, 6.07) is 5.31. The highest BCUT2D eigenvalue weighted by Gasteiger charge is 2.40. The van der Waals surface area contributed by atoms with Crippen molar-refractivity contribution in [1.29, 1.82) is 0 Å². The lowest BCUT2D eigenvalue weighted by atomic mass is 9.97. The Hall–Kier alpha value is -1.03. The van der Waals surface area contributed by atoms with Gasteiger partial charge in [-0.1, -0.05) is 12.8 Å². The van der Waals surface area contributed by atoms with Gasteiger partial charge >= 0.3 is 0 Å². The Morgan fingerprint density at radius 3 is 2.75 bits per heavy atom. The number of hydrogen-bond donors (Lipinski definition) is 0. The van der Waals surface area contributed by atoms with Crippen LogP contribution in [0.3, 0.4) is 0 Å². The Kier molecular flexibility index (Phi) is 2.21. The highest BCUT2D eigenvalue weighted by atomic mass is 32.2. The first kappa shape index (κ1) is 10.1. The Balaban J connectivity index is 1.94. The number of benzene rings is 1. The van der Waals surface area contributed by atoms with E-state index in [4.69, 9.17) is 0 Å². The predicted molar refractivity (Wildman–Crippen MR) is 63.9 cm³/mol. The zero-order valence-corrected chi connectivity index (χ0v) is 9.76. The molecule has 84 valence electrons. The highest BCUT2D eigenvalue weighted by Crippen LogP contribution is 2.54. The van der Waals surface area contributed by atoms with Gasteiger partial charge in [0.2, 0.25) is 0 Å². The maximum Gasteiger partial charge on any atom is 0.269 e. The van der Waals surface area contributed by atoms with Crippen molar-refractivity contribution in [3.05, 3.63) is 33.9 Å². The number of nitrogens with zero attached hydrogens (tertiary/aromatic N) is 1. The zero-order chi connectivity index (χ0) is 11.2. The Labute approximate surface area is 98.4 Å². The van der Waals surface area contributed by atoms with E-state index in [-0.39, 0.29) is 10.6 Å². The molecule has 1 fully saturated rings. The molecular weight excluding hydrogens is 222 g/mol. The second-order valence-corrected chi connectivity index (χ2v) is 6.23. The first-order valence-electron chi connectivity index (χ1n) is 5.65. The van der Waals surface area contributed by atoms with Gasteiger partial charge in [0.1, 0.15) is 0 Å². The van der Waals surface area contributed by atoms with Crippen LogP contribution in [0.15, 0.2) is 23.1 Å². The minimum absolute atomic E-state index is 0.231. The van der Waals surface area contributed by atoms with Crippen molar-refractivity contribution in [2.24, 2.45) is 0 Å². The van der Waals surface area contributed by atoms with Crippen molar-refractivity contribution in [2.45, 2.75) is 41.7 Å². The fourth-order valence-corrected chi connectivity index (χ4v) is 4.42. The monoisotopic (exact) mass is 235 g/mol. The lowest BCUT2D eigenvalue weighted by molar-refractivity contribution is -0.385. The maximum absolute atomic E-state index is 10.7. The average molecular weight is 235 g/mol. The van der Waals surface area contributed by atoms with Gasteiger partial charge in [-0.3, -0.25) is 10.1 Å². The molecule has 0 N–H and O–H groups in total. The van der Waals surface area contributed by atoms with Crippen LogP contribution >= 0.6 is 11.8 Å². The molecule has 1 aromatic carbocycles. The number of nitro groups is 1. The second kappa shape index (κ2) is 3.48. The number of hydrogen-bond acceptors (Lipinski definition) is 3. The number of fused-ring (bicyclic) bond motifs is 1. The molecule has 3 rings (SSSR count). The summed E-state index contributed by atoms with van der Waals surface area (Å²) < 4.78 is 0.373. The molecule has 1 aliphatic carbocycles. The Bertz CT molecular complexity index is 452. The highest BCUT2D eigenvalue weighted by molar-refractivity contribution is 8.01. The van der Waals surface area contributed by atoms with Crippen molar-refractivity contribution in [3.63, 3.8) is 0 Å². The summed E-state index contributed by atoms with van der Waals surface area (Å²) in [5.74, 6) is 0. The summed E-state index contributed by atoms with van der Waals surface area (Å²) in [6.07, 6.45) is 6.17. The van der Waals surface area contributed by atoms with Gasteiger partial charge in [0.15, 0.2) is 0 Å². The van der Waals surface area contributed by atoms with Crippen LogP contribution in [0.1, 0.15) is 31.2 Å². The largest absolute Gasteiger partial charge is 0.269 e. The Morgan fingerprint density at radius 2 is 2.06 bits per heavy atom. The van der Waals surface area contributed by atoms with E-state index in [0.717, 1.165) is 6.42 Å². The molecule has 0 saturated heterocycles. The quantitative estimate of drug-likeness (QED) is 0.552. The van der Waals surface area contributed by atoms with Crippen LogP contribution in [0.4, 0.5) is 5.69 Å². The summed E-state index contributed by atoms with van der Waals surface area (Å²) in [4.78, 5) is 11.7. The van der Waals surface area contributed by atoms with Crippen LogP contribution in [0.25, 0.3) is 0 Å². The molecule has 2 aliphatic rings. The topological polar surface area (TPSA) is 43.1 Å². The summed E-state index contributed by atoms with van der Waals surface area (Å²) in [7, 11) is 0. The van der Waals surface area contributed by atoms with E-state index in [9.17, 15) is 10.1 Å². The van der Waals surface area contributed by atoms with Gasteiger partial charge in [-0.25, -0.2) is 0 Å². The third-order valence-corrected chi connectivity index (χ3v) is 5.21. The molecule has 1 saturated carbocycles. The normalized spacial score (nSPS) is 21.2. The fraction of sp³-hybridized carbons (Fsp3) is 0.500. The maximum atomic E-state index is 10.7. The van der Waals surface area contributed by atoms with Crippen LogP contribution in [0.5, 0.6) is 0 Å². The second-order valence-electron chi connectivity index (χ2n) is 4.72. The number of nitro benzene ring substituents is 1. The lowest BCUT2D eigenvalue weighted by Gasteiger charge is -2.20. The molecular formula is C12H13NO2S. The number of thioether (sulfide) groups is 1. The summed E-state index contributed by atoms with van der Waals surface area (Å²) in [5, 5.41) is 10.7. The van der Waals surface area contributed by atoms with Gasteiger partial charge in [-0.2, -0.15) is 0 Å². The third-order valence-electron chi connectivity index (χ3n) is 3.61. The van der Waals surface area contributed by atoms with Gasteiger partial charge in [-0.15, -0.1) is 11.8 Å². The third kappa shape index (κ3) is 1.52. The SMILES string of the molecule is O=[N+]([O-])c1ccc2c(c1)CC1(CCCC1)S2. The fourth-order valence-electron chi connectivity index (χ4n) is 2.83. The van der Waals surface area contributed by atoms with Gasteiger partial charge in [0.25, 0.3) is 5.69 Å². The first-order chi connectivity index (χ1) is 7.69. The molecule has 1 aromatic rings. The molecule has 0 aromatic heterocycles. The lowest BCUT2D eigenvalue weighted by Crippen LogP contribution is -2.17. The van der Waals surface area contributed by atoms with E-state index >= 15 is 0 Å². The van der Waals surface area contributed by atoms with Gasteiger partial charge in [0, 0.05) is 21.8 Å². The van der Waals surface area contributed by atoms with Crippen molar-refractivity contribution in [3.8, 4) is 0 Å². The molecule has 4 heteroatoms. The van der Waals surface area contributed by atoms with Crippen molar-refractivity contribution in [2.75, 3.05) is 0 Å². The first-order valence-corrected chi connectivity index (χ1v) is 6.47. The van der Waals surface area contributed by atoms with E-state index in [1.807, 2.05) is 17.8 Å².